The number of aromatic nitrogens is 2. The highest BCUT2D eigenvalue weighted by molar-refractivity contribution is 5.93. The molecular formula is C25H39N5O3. The van der Waals surface area contributed by atoms with Crippen LogP contribution in [0.15, 0.2) is 12.4 Å². The Labute approximate surface area is 197 Å². The molecular weight excluding hydrogens is 418 g/mol. The average Bonchev–Trinajstić information content (AvgIpc) is 3.28. The van der Waals surface area contributed by atoms with E-state index in [2.05, 4.69) is 21.8 Å². The molecule has 3 aliphatic rings. The molecule has 4 heterocycles. The lowest BCUT2D eigenvalue weighted by Crippen LogP contribution is -2.49. The number of anilines is 1. The number of carbonyl (C=O) groups excluding carboxylic acids is 2. The largest absolute Gasteiger partial charge is 0.458 e. The summed E-state index contributed by atoms with van der Waals surface area (Å²) < 4.78 is 5.57. The Bertz CT molecular complexity index is 829. The fourth-order valence-corrected chi connectivity index (χ4v) is 5.37. The Morgan fingerprint density at radius 2 is 1.64 bits per heavy atom. The standard InChI is InChI=1S/C25H39N5O3/c1-18-7-5-11-29(17-18)20-9-13-28(14-10-20)22(31)19-15-26-24(27-16-19)30-12-6-8-21(30)23(32)33-25(2,3)4/h15-16,18,20-21H,5-14,17H2,1-4H3. The summed E-state index contributed by atoms with van der Waals surface area (Å²) in [5.41, 5.74) is -0.0147. The van der Waals surface area contributed by atoms with Gasteiger partial charge in [0, 0.05) is 44.6 Å². The Balaban J connectivity index is 1.33. The van der Waals surface area contributed by atoms with E-state index in [1.807, 2.05) is 30.6 Å². The fourth-order valence-electron chi connectivity index (χ4n) is 5.37. The first-order chi connectivity index (χ1) is 15.7. The summed E-state index contributed by atoms with van der Waals surface area (Å²) in [7, 11) is 0. The molecule has 0 spiro atoms. The van der Waals surface area contributed by atoms with Crippen LogP contribution in [0.4, 0.5) is 5.95 Å². The van der Waals surface area contributed by atoms with Gasteiger partial charge in [0.15, 0.2) is 0 Å². The summed E-state index contributed by atoms with van der Waals surface area (Å²) in [4.78, 5) is 41.0. The van der Waals surface area contributed by atoms with Crippen molar-refractivity contribution in [2.75, 3.05) is 37.6 Å². The van der Waals surface area contributed by atoms with Crippen molar-refractivity contribution < 1.29 is 14.3 Å². The van der Waals surface area contributed by atoms with Crippen LogP contribution in [0, 0.1) is 5.92 Å². The Morgan fingerprint density at radius 3 is 2.27 bits per heavy atom. The fraction of sp³-hybridized carbons (Fsp3) is 0.760. The van der Waals surface area contributed by atoms with E-state index in [0.717, 1.165) is 44.7 Å². The van der Waals surface area contributed by atoms with E-state index in [-0.39, 0.29) is 17.9 Å². The summed E-state index contributed by atoms with van der Waals surface area (Å²) in [6.45, 7) is 12.6. The first kappa shape index (κ1) is 23.9. The zero-order valence-corrected chi connectivity index (χ0v) is 20.6. The number of piperidine rings is 2. The van der Waals surface area contributed by atoms with E-state index in [4.69, 9.17) is 4.74 Å². The maximum Gasteiger partial charge on any atom is 0.329 e. The van der Waals surface area contributed by atoms with Crippen LogP contribution in [0.2, 0.25) is 0 Å². The van der Waals surface area contributed by atoms with Crippen molar-refractivity contribution in [1.82, 2.24) is 19.8 Å². The molecule has 1 aromatic rings. The molecule has 0 saturated carbocycles. The van der Waals surface area contributed by atoms with Crippen molar-refractivity contribution in [3.05, 3.63) is 18.0 Å². The van der Waals surface area contributed by atoms with Crippen LogP contribution in [0.25, 0.3) is 0 Å². The quantitative estimate of drug-likeness (QED) is 0.643. The normalized spacial score (nSPS) is 25.3. The molecule has 0 N–H and O–H groups in total. The van der Waals surface area contributed by atoms with Crippen molar-refractivity contribution in [3.63, 3.8) is 0 Å². The number of likely N-dealkylation sites (tertiary alicyclic amines) is 2. The summed E-state index contributed by atoms with van der Waals surface area (Å²) >= 11 is 0. The summed E-state index contributed by atoms with van der Waals surface area (Å²) in [5.74, 6) is 1.02. The van der Waals surface area contributed by atoms with E-state index < -0.39 is 5.60 Å². The van der Waals surface area contributed by atoms with Crippen molar-refractivity contribution in [1.29, 1.82) is 0 Å². The van der Waals surface area contributed by atoms with E-state index in [1.54, 1.807) is 12.4 Å². The van der Waals surface area contributed by atoms with Crippen LogP contribution in [0.3, 0.4) is 0 Å². The Kier molecular flexibility index (Phi) is 7.22. The molecule has 182 valence electrons. The number of esters is 1. The minimum atomic E-state index is -0.526. The number of ether oxygens (including phenoxy) is 1. The molecule has 33 heavy (non-hydrogen) atoms. The lowest BCUT2D eigenvalue weighted by molar-refractivity contribution is -0.156. The Morgan fingerprint density at radius 1 is 0.970 bits per heavy atom. The maximum atomic E-state index is 13.0. The molecule has 2 unspecified atom stereocenters. The van der Waals surface area contributed by atoms with Gasteiger partial charge in [-0.05, 0) is 71.8 Å². The van der Waals surface area contributed by atoms with E-state index in [1.165, 1.54) is 25.9 Å². The molecule has 0 bridgehead atoms. The summed E-state index contributed by atoms with van der Waals surface area (Å²) in [5, 5.41) is 0. The molecule has 1 aromatic heterocycles. The molecule has 8 heteroatoms. The van der Waals surface area contributed by atoms with E-state index >= 15 is 0 Å². The maximum absolute atomic E-state index is 13.0. The van der Waals surface area contributed by atoms with Crippen LogP contribution < -0.4 is 4.90 Å². The molecule has 1 amide bonds. The monoisotopic (exact) mass is 457 g/mol. The van der Waals surface area contributed by atoms with Gasteiger partial charge < -0.3 is 14.5 Å². The highest BCUT2D eigenvalue weighted by atomic mass is 16.6. The number of hydrogen-bond donors (Lipinski definition) is 0. The van der Waals surface area contributed by atoms with Gasteiger partial charge in [-0.1, -0.05) is 6.92 Å². The van der Waals surface area contributed by atoms with Gasteiger partial charge in [-0.3, -0.25) is 9.69 Å². The minimum Gasteiger partial charge on any atom is -0.458 e. The second kappa shape index (κ2) is 9.95. The van der Waals surface area contributed by atoms with Gasteiger partial charge in [0.25, 0.3) is 5.91 Å². The van der Waals surface area contributed by atoms with Gasteiger partial charge >= 0.3 is 5.97 Å². The number of carbonyl (C=O) groups is 2. The predicted octanol–water partition coefficient (Wildman–Crippen LogP) is 3.12. The van der Waals surface area contributed by atoms with Crippen molar-refractivity contribution in [2.24, 2.45) is 5.92 Å². The number of nitrogens with zero attached hydrogens (tertiary/aromatic N) is 5. The molecule has 3 aliphatic heterocycles. The number of amides is 1. The van der Waals surface area contributed by atoms with Crippen LogP contribution in [-0.2, 0) is 9.53 Å². The zero-order valence-electron chi connectivity index (χ0n) is 20.6. The lowest BCUT2D eigenvalue weighted by atomic mass is 9.95. The molecule has 0 aliphatic carbocycles. The second-order valence-electron chi connectivity index (χ2n) is 10.9. The highest BCUT2D eigenvalue weighted by Gasteiger charge is 2.36. The van der Waals surface area contributed by atoms with Gasteiger partial charge in [0.05, 0.1) is 5.56 Å². The molecule has 0 aromatic carbocycles. The second-order valence-corrected chi connectivity index (χ2v) is 10.9. The van der Waals surface area contributed by atoms with Gasteiger partial charge in [0.1, 0.15) is 11.6 Å². The SMILES string of the molecule is CC1CCCN(C2CCN(C(=O)c3cnc(N4CCCC4C(=O)OC(C)(C)C)nc3)CC2)C1. The third-order valence-electron chi connectivity index (χ3n) is 7.03. The number of hydrogen-bond acceptors (Lipinski definition) is 7. The van der Waals surface area contributed by atoms with Crippen LogP contribution >= 0.6 is 0 Å². The van der Waals surface area contributed by atoms with Crippen LogP contribution in [0.5, 0.6) is 0 Å². The zero-order chi connectivity index (χ0) is 23.6. The van der Waals surface area contributed by atoms with E-state index in [9.17, 15) is 9.59 Å². The van der Waals surface area contributed by atoms with Crippen molar-refractivity contribution in [3.8, 4) is 0 Å². The molecule has 0 radical (unpaired) electrons. The van der Waals surface area contributed by atoms with E-state index in [0.29, 0.717) is 24.1 Å². The average molecular weight is 458 g/mol. The van der Waals surface area contributed by atoms with Gasteiger partial charge in [0.2, 0.25) is 5.95 Å². The lowest BCUT2D eigenvalue weighted by Gasteiger charge is -2.41. The molecule has 3 fully saturated rings. The van der Waals surface area contributed by atoms with Gasteiger partial charge in [-0.2, -0.15) is 0 Å². The summed E-state index contributed by atoms with van der Waals surface area (Å²) in [6.07, 6.45) is 9.50. The third-order valence-corrected chi connectivity index (χ3v) is 7.03. The highest BCUT2D eigenvalue weighted by Crippen LogP contribution is 2.26. The minimum absolute atomic E-state index is 0.00266. The van der Waals surface area contributed by atoms with Crippen LogP contribution in [-0.4, -0.2) is 82.1 Å². The van der Waals surface area contributed by atoms with Gasteiger partial charge in [-0.25, -0.2) is 14.8 Å². The summed E-state index contributed by atoms with van der Waals surface area (Å²) in [6, 6.07) is 0.220. The molecule has 4 rings (SSSR count). The predicted molar refractivity (Wildman–Crippen MR) is 127 cm³/mol. The first-order valence-electron chi connectivity index (χ1n) is 12.6. The molecule has 2 atom stereocenters. The smallest absolute Gasteiger partial charge is 0.329 e. The van der Waals surface area contributed by atoms with Crippen molar-refractivity contribution in [2.45, 2.75) is 83.9 Å². The van der Waals surface area contributed by atoms with Gasteiger partial charge in [-0.15, -0.1) is 0 Å². The molecule has 8 nitrogen and oxygen atoms in total. The van der Waals surface area contributed by atoms with Crippen LogP contribution in [0.1, 0.15) is 76.6 Å². The molecule has 3 saturated heterocycles. The number of rotatable bonds is 4. The first-order valence-corrected chi connectivity index (χ1v) is 12.6. The topological polar surface area (TPSA) is 78.9 Å². The van der Waals surface area contributed by atoms with Crippen molar-refractivity contribution >= 4 is 17.8 Å². The third kappa shape index (κ3) is 5.83. The Hall–Kier alpha value is -2.22.